The van der Waals surface area contributed by atoms with Crippen LogP contribution in [0.25, 0.3) is 0 Å². The highest BCUT2D eigenvalue weighted by Crippen LogP contribution is 2.44. The van der Waals surface area contributed by atoms with Crippen molar-refractivity contribution in [2.45, 2.75) is 103 Å². The zero-order valence-corrected chi connectivity index (χ0v) is 25.7. The molecule has 1 fully saturated rings. The third kappa shape index (κ3) is 6.94. The van der Waals surface area contributed by atoms with Crippen LogP contribution in [0.2, 0.25) is 36.3 Å². The van der Waals surface area contributed by atoms with Gasteiger partial charge >= 0.3 is 11.7 Å². The molecule has 1 N–H and O–H groups in total. The van der Waals surface area contributed by atoms with Crippen molar-refractivity contribution >= 4 is 22.6 Å². The molecule has 0 spiro atoms. The quantitative estimate of drug-likeness (QED) is 0.297. The van der Waals surface area contributed by atoms with Crippen molar-refractivity contribution in [2.75, 3.05) is 13.2 Å². The van der Waals surface area contributed by atoms with E-state index >= 15 is 0 Å². The summed E-state index contributed by atoms with van der Waals surface area (Å²) in [6.45, 7) is 23.4. The molecule has 1 saturated heterocycles. The molecule has 2 rings (SSSR count). The van der Waals surface area contributed by atoms with Crippen LogP contribution in [0.15, 0.2) is 33.5 Å². The molecule has 1 aliphatic rings. The van der Waals surface area contributed by atoms with Crippen LogP contribution < -0.4 is 11.2 Å². The molecule has 36 heavy (non-hydrogen) atoms. The summed E-state index contributed by atoms with van der Waals surface area (Å²) < 4.78 is 26.2. The van der Waals surface area contributed by atoms with E-state index in [1.807, 2.05) is 0 Å². The maximum atomic E-state index is 12.8. The Kier molecular flexibility index (Phi) is 9.21. The highest BCUT2D eigenvalue weighted by atomic mass is 28.4. The Balaban J connectivity index is 2.62. The molecular weight excluding hydrogens is 496 g/mol. The van der Waals surface area contributed by atoms with E-state index < -0.39 is 52.3 Å². The normalized spacial score (nSPS) is 22.8. The van der Waals surface area contributed by atoms with Gasteiger partial charge in [0.05, 0.1) is 13.2 Å². The second-order valence-corrected chi connectivity index (χ2v) is 21.9. The van der Waals surface area contributed by atoms with Crippen molar-refractivity contribution in [3.8, 4) is 0 Å². The average Bonchev–Trinajstić information content (AvgIpc) is 3.01. The zero-order chi connectivity index (χ0) is 27.7. The number of hydrogen-bond acceptors (Lipinski definition) is 7. The van der Waals surface area contributed by atoms with Crippen molar-refractivity contribution < 1.29 is 23.1 Å². The zero-order valence-electron chi connectivity index (χ0n) is 23.7. The molecule has 1 aromatic rings. The lowest BCUT2D eigenvalue weighted by Crippen LogP contribution is -2.47. The number of rotatable bonds is 8. The number of nitrogens with one attached hydrogen (secondary N) is 1. The van der Waals surface area contributed by atoms with Gasteiger partial charge in [0.1, 0.15) is 12.2 Å². The predicted molar refractivity (Wildman–Crippen MR) is 145 cm³/mol. The van der Waals surface area contributed by atoms with Gasteiger partial charge in [-0.2, -0.15) is 0 Å². The third-order valence-corrected chi connectivity index (χ3v) is 16.5. The summed E-state index contributed by atoms with van der Waals surface area (Å²) in [6, 6.07) is 1.27. The van der Waals surface area contributed by atoms with E-state index in [2.05, 4.69) is 72.7 Å². The van der Waals surface area contributed by atoms with Crippen LogP contribution in [0.3, 0.4) is 0 Å². The maximum absolute atomic E-state index is 12.8. The van der Waals surface area contributed by atoms with Gasteiger partial charge in [0, 0.05) is 18.3 Å². The minimum absolute atomic E-state index is 0.0249. The van der Waals surface area contributed by atoms with Gasteiger partial charge in [-0.1, -0.05) is 41.5 Å². The lowest BCUT2D eigenvalue weighted by Gasteiger charge is -2.39. The number of carbonyl (C=O) groups excluding carboxylic acids is 1. The highest BCUT2D eigenvalue weighted by molar-refractivity contribution is 6.74. The van der Waals surface area contributed by atoms with E-state index in [4.69, 9.17) is 18.3 Å². The van der Waals surface area contributed by atoms with E-state index in [9.17, 15) is 14.4 Å². The van der Waals surface area contributed by atoms with Crippen LogP contribution in [0, 0.1) is 0 Å². The largest absolute Gasteiger partial charge is 0.463 e. The molecule has 204 valence electrons. The second kappa shape index (κ2) is 10.9. The molecule has 9 nitrogen and oxygen atoms in total. The van der Waals surface area contributed by atoms with Crippen LogP contribution >= 0.6 is 0 Å². The average molecular weight is 541 g/mol. The second-order valence-electron chi connectivity index (χ2n) is 12.3. The summed E-state index contributed by atoms with van der Waals surface area (Å²) >= 11 is 0. The van der Waals surface area contributed by atoms with Crippen molar-refractivity contribution in [3.05, 3.63) is 44.8 Å². The predicted octanol–water partition coefficient (Wildman–Crippen LogP) is 4.34. The van der Waals surface area contributed by atoms with E-state index in [1.165, 1.54) is 22.9 Å². The van der Waals surface area contributed by atoms with Gasteiger partial charge in [-0.05, 0) is 48.8 Å². The number of ether oxygens (including phenoxy) is 2. The monoisotopic (exact) mass is 540 g/mol. The Morgan fingerprint density at radius 3 is 2.17 bits per heavy atom. The topological polar surface area (TPSA) is 109 Å². The Hall–Kier alpha value is -1.80. The number of hydrogen-bond donors (Lipinski definition) is 1. The highest BCUT2D eigenvalue weighted by Gasteiger charge is 2.49. The third-order valence-electron chi connectivity index (χ3n) is 7.59. The molecular formula is C25H44N2O7Si2. The summed E-state index contributed by atoms with van der Waals surface area (Å²) in [4.78, 5) is 39.4. The number of carbonyl (C=O) groups is 1. The first kappa shape index (κ1) is 30.4. The molecule has 3 atom stereocenters. The molecule has 0 saturated carbocycles. The minimum atomic E-state index is -2.40. The summed E-state index contributed by atoms with van der Waals surface area (Å²) in [5, 5.41) is -0.165. The molecule has 1 aromatic heterocycles. The number of aromatic nitrogens is 2. The summed E-state index contributed by atoms with van der Waals surface area (Å²) in [7, 11) is -4.54. The Labute approximate surface area is 216 Å². The first-order valence-corrected chi connectivity index (χ1v) is 18.3. The van der Waals surface area contributed by atoms with E-state index in [1.54, 1.807) is 6.92 Å². The maximum Gasteiger partial charge on any atom is 0.330 e. The minimum Gasteiger partial charge on any atom is -0.463 e. The number of esters is 1. The van der Waals surface area contributed by atoms with E-state index in [-0.39, 0.29) is 23.3 Å². The molecule has 0 amide bonds. The van der Waals surface area contributed by atoms with Gasteiger partial charge in [-0.15, -0.1) is 0 Å². The molecule has 0 unspecified atom stereocenters. The Bertz CT molecular complexity index is 1080. The van der Waals surface area contributed by atoms with Crippen LogP contribution in [-0.2, 0) is 23.1 Å². The smallest absolute Gasteiger partial charge is 0.330 e. The van der Waals surface area contributed by atoms with Crippen molar-refractivity contribution in [3.63, 3.8) is 0 Å². The molecule has 11 heteroatoms. The van der Waals surface area contributed by atoms with Crippen molar-refractivity contribution in [1.82, 2.24) is 9.55 Å². The van der Waals surface area contributed by atoms with Gasteiger partial charge in [-0.25, -0.2) is 9.59 Å². The summed E-state index contributed by atoms with van der Waals surface area (Å²) in [5.74, 6) is -0.508. The fourth-order valence-corrected chi connectivity index (χ4v) is 5.50. The van der Waals surface area contributed by atoms with Gasteiger partial charge in [0.25, 0.3) is 5.56 Å². The van der Waals surface area contributed by atoms with E-state index in [0.29, 0.717) is 5.57 Å². The molecule has 0 aliphatic carbocycles. The summed E-state index contributed by atoms with van der Waals surface area (Å²) in [5.41, 5.74) is -0.547. The van der Waals surface area contributed by atoms with Crippen LogP contribution in [0.1, 0.15) is 54.7 Å². The molecule has 0 aromatic carbocycles. The van der Waals surface area contributed by atoms with Gasteiger partial charge < -0.3 is 18.3 Å². The first-order chi connectivity index (χ1) is 16.3. The van der Waals surface area contributed by atoms with Gasteiger partial charge in [0.2, 0.25) is 0 Å². The Morgan fingerprint density at radius 2 is 1.67 bits per heavy atom. The fraction of sp³-hybridized carbons (Fsp3) is 0.720. The lowest BCUT2D eigenvalue weighted by molar-refractivity contribution is -0.137. The number of H-pyrrole nitrogens is 1. The van der Waals surface area contributed by atoms with Crippen molar-refractivity contribution in [1.29, 1.82) is 0 Å². The SMILES string of the molecule is CCOC(=O)/C=C1/[C@@H](O[Si](C)(C)C(C)(C)C)[C@H](n2ccc(=O)[nH]c2=O)O[C@@H]1CO[Si](C)(C)C(C)(C)C. The lowest BCUT2D eigenvalue weighted by atomic mass is 10.1. The van der Waals surface area contributed by atoms with Crippen LogP contribution in [-0.4, -0.2) is 57.6 Å². The number of nitrogens with zero attached hydrogens (tertiary/aromatic N) is 1. The summed E-state index contributed by atoms with van der Waals surface area (Å²) in [6.07, 6.45) is 0.538. The standard InChI is InChI=1S/C25H44N2O7Si2/c1-12-31-20(29)15-17-18(16-32-35(8,9)24(2,3)4)33-22(27-14-13-19(28)26-23(27)30)21(17)34-36(10,11)25(5,6)7/h13-15,18,21-22H,12,16H2,1-11H3,(H,26,28,30)/b17-15+/t18-,21-,22-/m1/s1. The molecule has 0 radical (unpaired) electrons. The number of aromatic amines is 1. The van der Waals surface area contributed by atoms with Crippen molar-refractivity contribution in [2.24, 2.45) is 0 Å². The Morgan fingerprint density at radius 1 is 1.08 bits per heavy atom. The van der Waals surface area contributed by atoms with E-state index in [0.717, 1.165) is 0 Å². The molecule has 0 bridgehead atoms. The first-order valence-electron chi connectivity index (χ1n) is 12.5. The fourth-order valence-electron chi connectivity index (χ4n) is 3.26. The van der Waals surface area contributed by atoms with Crippen LogP contribution in [0.4, 0.5) is 0 Å². The molecule has 2 heterocycles. The van der Waals surface area contributed by atoms with Gasteiger partial charge in [0.15, 0.2) is 22.9 Å². The van der Waals surface area contributed by atoms with Crippen LogP contribution in [0.5, 0.6) is 0 Å². The molecule has 1 aliphatic heterocycles. The van der Waals surface area contributed by atoms with Gasteiger partial charge in [-0.3, -0.25) is 14.3 Å².